The van der Waals surface area contributed by atoms with Gasteiger partial charge in [0.1, 0.15) is 0 Å². The molecule has 1 aliphatic carbocycles. The molecule has 1 aliphatic rings. The number of benzene rings is 1. The summed E-state index contributed by atoms with van der Waals surface area (Å²) in [5.41, 5.74) is -0.0466. The van der Waals surface area contributed by atoms with Crippen molar-refractivity contribution in [3.63, 3.8) is 0 Å². The third kappa shape index (κ3) is 3.56. The SMILES string of the molecule is CC(CO)(NCC1(O)CCCCC1)c1ccccc1. The lowest BCUT2D eigenvalue weighted by Crippen LogP contribution is -2.51. The highest BCUT2D eigenvalue weighted by Gasteiger charge is 2.33. The molecule has 0 bridgehead atoms. The second kappa shape index (κ2) is 6.04. The Kier molecular flexibility index (Phi) is 4.61. The summed E-state index contributed by atoms with van der Waals surface area (Å²) in [6, 6.07) is 9.93. The van der Waals surface area contributed by atoms with E-state index in [-0.39, 0.29) is 6.61 Å². The van der Waals surface area contributed by atoms with Crippen molar-refractivity contribution >= 4 is 0 Å². The molecule has 0 amide bonds. The highest BCUT2D eigenvalue weighted by molar-refractivity contribution is 5.23. The molecule has 1 saturated carbocycles. The van der Waals surface area contributed by atoms with Gasteiger partial charge in [-0.05, 0) is 25.3 Å². The molecule has 3 heteroatoms. The molecule has 3 nitrogen and oxygen atoms in total. The number of rotatable bonds is 5. The van der Waals surface area contributed by atoms with Crippen LogP contribution in [0.5, 0.6) is 0 Å². The van der Waals surface area contributed by atoms with Crippen LogP contribution in [0.4, 0.5) is 0 Å². The molecular formula is C16H25NO2. The fourth-order valence-electron chi connectivity index (χ4n) is 2.80. The van der Waals surface area contributed by atoms with Gasteiger partial charge in [-0.15, -0.1) is 0 Å². The minimum absolute atomic E-state index is 0.0209. The minimum atomic E-state index is -0.608. The van der Waals surface area contributed by atoms with E-state index >= 15 is 0 Å². The van der Waals surface area contributed by atoms with Crippen molar-refractivity contribution in [3.05, 3.63) is 35.9 Å². The average Bonchev–Trinajstić information content (AvgIpc) is 2.47. The van der Waals surface area contributed by atoms with Gasteiger partial charge in [0.2, 0.25) is 0 Å². The van der Waals surface area contributed by atoms with Crippen molar-refractivity contribution in [2.75, 3.05) is 13.2 Å². The van der Waals surface area contributed by atoms with Gasteiger partial charge in [0.05, 0.1) is 17.7 Å². The quantitative estimate of drug-likeness (QED) is 0.763. The smallest absolute Gasteiger partial charge is 0.0771 e. The monoisotopic (exact) mass is 263 g/mol. The molecule has 106 valence electrons. The molecule has 1 aromatic carbocycles. The fourth-order valence-corrected chi connectivity index (χ4v) is 2.80. The molecule has 0 aromatic heterocycles. The summed E-state index contributed by atoms with van der Waals surface area (Å²) >= 11 is 0. The van der Waals surface area contributed by atoms with Crippen molar-refractivity contribution in [3.8, 4) is 0 Å². The van der Waals surface area contributed by atoms with E-state index in [0.717, 1.165) is 31.2 Å². The van der Waals surface area contributed by atoms with Crippen LogP contribution >= 0.6 is 0 Å². The molecule has 1 fully saturated rings. The number of nitrogens with one attached hydrogen (secondary N) is 1. The summed E-state index contributed by atoms with van der Waals surface area (Å²) in [6.45, 7) is 2.54. The maximum absolute atomic E-state index is 10.5. The Morgan fingerprint density at radius 1 is 1.16 bits per heavy atom. The Morgan fingerprint density at radius 2 is 1.79 bits per heavy atom. The van der Waals surface area contributed by atoms with Crippen LogP contribution in [0, 0.1) is 0 Å². The molecule has 19 heavy (non-hydrogen) atoms. The number of hydrogen-bond donors (Lipinski definition) is 3. The van der Waals surface area contributed by atoms with Crippen LogP contribution in [-0.2, 0) is 5.54 Å². The summed E-state index contributed by atoms with van der Waals surface area (Å²) in [4.78, 5) is 0. The van der Waals surface area contributed by atoms with Crippen LogP contribution in [0.25, 0.3) is 0 Å². The highest BCUT2D eigenvalue weighted by Crippen LogP contribution is 2.29. The van der Waals surface area contributed by atoms with E-state index < -0.39 is 11.1 Å². The van der Waals surface area contributed by atoms with Crippen LogP contribution in [0.15, 0.2) is 30.3 Å². The first-order valence-electron chi connectivity index (χ1n) is 7.22. The largest absolute Gasteiger partial charge is 0.394 e. The van der Waals surface area contributed by atoms with Gasteiger partial charge in [0, 0.05) is 6.54 Å². The predicted octanol–water partition coefficient (Wildman–Crippen LogP) is 2.18. The first kappa shape index (κ1) is 14.5. The predicted molar refractivity (Wildman–Crippen MR) is 76.9 cm³/mol. The molecule has 2 rings (SSSR count). The highest BCUT2D eigenvalue weighted by atomic mass is 16.3. The summed E-state index contributed by atoms with van der Waals surface area (Å²) in [7, 11) is 0. The van der Waals surface area contributed by atoms with Gasteiger partial charge >= 0.3 is 0 Å². The zero-order valence-electron chi connectivity index (χ0n) is 11.7. The van der Waals surface area contributed by atoms with Gasteiger partial charge in [-0.3, -0.25) is 0 Å². The van der Waals surface area contributed by atoms with E-state index in [1.165, 1.54) is 6.42 Å². The third-order valence-corrected chi connectivity index (χ3v) is 4.32. The topological polar surface area (TPSA) is 52.5 Å². The molecule has 0 saturated heterocycles. The van der Waals surface area contributed by atoms with Gasteiger partial charge < -0.3 is 15.5 Å². The van der Waals surface area contributed by atoms with Gasteiger partial charge in [-0.1, -0.05) is 49.6 Å². The Bertz CT molecular complexity index is 387. The fraction of sp³-hybridized carbons (Fsp3) is 0.625. The van der Waals surface area contributed by atoms with Gasteiger partial charge in [0.25, 0.3) is 0 Å². The maximum Gasteiger partial charge on any atom is 0.0771 e. The van der Waals surface area contributed by atoms with Gasteiger partial charge in [0.15, 0.2) is 0 Å². The number of aliphatic hydroxyl groups excluding tert-OH is 1. The molecule has 0 heterocycles. The van der Waals surface area contributed by atoms with Crippen molar-refractivity contribution in [2.24, 2.45) is 0 Å². The summed E-state index contributed by atoms with van der Waals surface area (Å²) in [6.07, 6.45) is 5.13. The van der Waals surface area contributed by atoms with E-state index in [1.807, 2.05) is 37.3 Å². The van der Waals surface area contributed by atoms with Gasteiger partial charge in [-0.25, -0.2) is 0 Å². The van der Waals surface area contributed by atoms with Gasteiger partial charge in [-0.2, -0.15) is 0 Å². The molecule has 1 aromatic rings. The normalized spacial score (nSPS) is 21.8. The lowest BCUT2D eigenvalue weighted by Gasteiger charge is -2.37. The van der Waals surface area contributed by atoms with Crippen molar-refractivity contribution in [2.45, 2.75) is 50.2 Å². The second-order valence-corrected chi connectivity index (χ2v) is 5.99. The molecule has 0 spiro atoms. The van der Waals surface area contributed by atoms with Crippen LogP contribution < -0.4 is 5.32 Å². The number of hydrogen-bond acceptors (Lipinski definition) is 3. The van der Waals surface area contributed by atoms with Crippen LogP contribution in [-0.4, -0.2) is 29.0 Å². The Balaban J connectivity index is 2.02. The first-order valence-corrected chi connectivity index (χ1v) is 7.22. The molecule has 1 atom stereocenters. The zero-order valence-corrected chi connectivity index (χ0v) is 11.7. The zero-order chi connectivity index (χ0) is 13.8. The molecular weight excluding hydrogens is 238 g/mol. The van der Waals surface area contributed by atoms with Crippen molar-refractivity contribution in [1.82, 2.24) is 5.32 Å². The Morgan fingerprint density at radius 3 is 2.37 bits per heavy atom. The minimum Gasteiger partial charge on any atom is -0.394 e. The second-order valence-electron chi connectivity index (χ2n) is 5.99. The molecule has 0 radical (unpaired) electrons. The molecule has 0 aliphatic heterocycles. The average molecular weight is 263 g/mol. The standard InChI is InChI=1S/C16H25NO2/c1-15(13-18,14-8-4-2-5-9-14)17-12-16(19)10-6-3-7-11-16/h2,4-5,8-9,17-19H,3,6-7,10-13H2,1H3. The number of aliphatic hydroxyl groups is 2. The Labute approximate surface area is 115 Å². The third-order valence-electron chi connectivity index (χ3n) is 4.32. The van der Waals surface area contributed by atoms with E-state index in [4.69, 9.17) is 0 Å². The van der Waals surface area contributed by atoms with Crippen LogP contribution in [0.1, 0.15) is 44.6 Å². The first-order chi connectivity index (χ1) is 9.08. The van der Waals surface area contributed by atoms with E-state index in [2.05, 4.69) is 5.32 Å². The molecule has 1 unspecified atom stereocenters. The van der Waals surface area contributed by atoms with E-state index in [0.29, 0.717) is 6.54 Å². The lowest BCUT2D eigenvalue weighted by molar-refractivity contribution is -0.00518. The summed E-state index contributed by atoms with van der Waals surface area (Å²) < 4.78 is 0. The Hall–Kier alpha value is -0.900. The van der Waals surface area contributed by atoms with Crippen molar-refractivity contribution in [1.29, 1.82) is 0 Å². The summed E-state index contributed by atoms with van der Waals surface area (Å²) in [5.74, 6) is 0. The van der Waals surface area contributed by atoms with Crippen LogP contribution in [0.2, 0.25) is 0 Å². The molecule has 3 N–H and O–H groups in total. The van der Waals surface area contributed by atoms with Crippen molar-refractivity contribution < 1.29 is 10.2 Å². The van der Waals surface area contributed by atoms with E-state index in [1.54, 1.807) is 0 Å². The van der Waals surface area contributed by atoms with E-state index in [9.17, 15) is 10.2 Å². The van der Waals surface area contributed by atoms with Crippen LogP contribution in [0.3, 0.4) is 0 Å². The summed E-state index contributed by atoms with van der Waals surface area (Å²) in [5, 5.41) is 23.6. The lowest BCUT2D eigenvalue weighted by atomic mass is 9.83. The maximum atomic E-state index is 10.5.